The largest absolute Gasteiger partial charge is 0.324 e. The van der Waals surface area contributed by atoms with Crippen LogP contribution in [0.4, 0.5) is 17.1 Å². The van der Waals surface area contributed by atoms with Crippen molar-refractivity contribution in [1.82, 2.24) is 4.31 Å². The van der Waals surface area contributed by atoms with E-state index >= 15 is 0 Å². The normalized spacial score (nSPS) is 12.0. The van der Waals surface area contributed by atoms with Crippen molar-refractivity contribution in [2.75, 3.05) is 47.9 Å². The van der Waals surface area contributed by atoms with Gasteiger partial charge in [0, 0.05) is 26.8 Å². The molecule has 31 heavy (non-hydrogen) atoms. The highest BCUT2D eigenvalue weighted by molar-refractivity contribution is 7.92. The van der Waals surface area contributed by atoms with Gasteiger partial charge in [0.25, 0.3) is 0 Å². The van der Waals surface area contributed by atoms with E-state index in [1.807, 2.05) is 13.0 Å². The molecule has 0 radical (unpaired) electrons. The van der Waals surface area contributed by atoms with Crippen LogP contribution < -0.4 is 13.9 Å². The quantitative estimate of drug-likeness (QED) is 0.637. The standard InChI is InChI=1S/C20H28N4O5S2/c1-15-10-11-16(2)19(12-15)24(31(28,29)22(3)4)14-20(25)21-17-8-7-9-18(13-17)23(5)30(6,26)27/h7-13H,14H2,1-6H3,(H,21,25). The molecule has 1 amide bonds. The van der Waals surface area contributed by atoms with Crippen LogP contribution in [0.1, 0.15) is 11.1 Å². The molecule has 0 heterocycles. The number of carbonyl (C=O) groups is 1. The van der Waals surface area contributed by atoms with Crippen molar-refractivity contribution >= 4 is 43.2 Å². The Morgan fingerprint density at radius 1 is 0.968 bits per heavy atom. The molecule has 0 aliphatic rings. The summed E-state index contributed by atoms with van der Waals surface area (Å²) in [7, 11) is -3.21. The monoisotopic (exact) mass is 468 g/mol. The number of amides is 1. The Hall–Kier alpha value is -2.63. The minimum absolute atomic E-state index is 0.348. The summed E-state index contributed by atoms with van der Waals surface area (Å²) in [5, 5.41) is 2.65. The van der Waals surface area contributed by atoms with Crippen LogP contribution >= 0.6 is 0 Å². The number of nitrogens with one attached hydrogen (secondary N) is 1. The average Bonchev–Trinajstić information content (AvgIpc) is 2.66. The molecule has 0 unspecified atom stereocenters. The molecule has 0 fully saturated rings. The van der Waals surface area contributed by atoms with Gasteiger partial charge in [-0.05, 0) is 49.2 Å². The van der Waals surface area contributed by atoms with E-state index in [0.717, 1.165) is 24.7 Å². The summed E-state index contributed by atoms with van der Waals surface area (Å²) in [4.78, 5) is 12.8. The summed E-state index contributed by atoms with van der Waals surface area (Å²) in [6.45, 7) is 3.17. The van der Waals surface area contributed by atoms with Gasteiger partial charge in [0.15, 0.2) is 0 Å². The van der Waals surface area contributed by atoms with E-state index in [4.69, 9.17) is 0 Å². The summed E-state index contributed by atoms with van der Waals surface area (Å²) in [5.41, 5.74) is 2.69. The molecule has 0 saturated heterocycles. The lowest BCUT2D eigenvalue weighted by molar-refractivity contribution is -0.114. The van der Waals surface area contributed by atoms with Gasteiger partial charge in [0.2, 0.25) is 15.9 Å². The molecular weight excluding hydrogens is 440 g/mol. The fraction of sp³-hybridized carbons (Fsp3) is 0.350. The predicted molar refractivity (Wildman–Crippen MR) is 124 cm³/mol. The second-order valence-electron chi connectivity index (χ2n) is 7.42. The van der Waals surface area contributed by atoms with Gasteiger partial charge in [0.1, 0.15) is 6.54 Å². The van der Waals surface area contributed by atoms with E-state index in [0.29, 0.717) is 22.6 Å². The van der Waals surface area contributed by atoms with Crippen LogP contribution in [-0.4, -0.2) is 61.0 Å². The van der Waals surface area contributed by atoms with Gasteiger partial charge in [-0.2, -0.15) is 12.7 Å². The summed E-state index contributed by atoms with van der Waals surface area (Å²) in [6.07, 6.45) is 1.08. The SMILES string of the molecule is Cc1ccc(C)c(N(CC(=O)Nc2cccc(N(C)S(C)(=O)=O)c2)S(=O)(=O)N(C)C)c1. The van der Waals surface area contributed by atoms with Crippen molar-refractivity contribution in [3.8, 4) is 0 Å². The minimum Gasteiger partial charge on any atom is -0.324 e. The lowest BCUT2D eigenvalue weighted by atomic mass is 10.1. The fourth-order valence-corrected chi connectivity index (χ4v) is 4.39. The fourth-order valence-electron chi connectivity index (χ4n) is 2.78. The highest BCUT2D eigenvalue weighted by Gasteiger charge is 2.28. The minimum atomic E-state index is -3.94. The third-order valence-corrected chi connectivity index (χ3v) is 7.66. The second-order valence-corrected chi connectivity index (χ2v) is 11.5. The number of aryl methyl sites for hydroxylation is 2. The van der Waals surface area contributed by atoms with Crippen molar-refractivity contribution in [2.24, 2.45) is 0 Å². The first-order valence-corrected chi connectivity index (χ1v) is 12.6. The van der Waals surface area contributed by atoms with Gasteiger partial charge in [-0.15, -0.1) is 0 Å². The molecule has 0 bridgehead atoms. The van der Waals surface area contributed by atoms with Crippen molar-refractivity contribution in [1.29, 1.82) is 0 Å². The Kier molecular flexibility index (Phi) is 7.35. The first-order valence-electron chi connectivity index (χ1n) is 9.34. The van der Waals surface area contributed by atoms with E-state index in [2.05, 4.69) is 5.32 Å². The van der Waals surface area contributed by atoms with E-state index < -0.39 is 32.7 Å². The topological polar surface area (TPSA) is 107 Å². The average molecular weight is 469 g/mol. The molecule has 1 N–H and O–H groups in total. The lowest BCUT2D eigenvalue weighted by Crippen LogP contribution is -2.44. The van der Waals surface area contributed by atoms with Crippen molar-refractivity contribution < 1.29 is 21.6 Å². The molecule has 0 aliphatic heterocycles. The van der Waals surface area contributed by atoms with Gasteiger partial charge in [-0.25, -0.2) is 12.7 Å². The smallest absolute Gasteiger partial charge is 0.304 e. The third-order valence-electron chi connectivity index (χ3n) is 4.65. The second kappa shape index (κ2) is 9.25. The molecular formula is C20H28N4O5S2. The van der Waals surface area contributed by atoms with Crippen LogP contribution in [0, 0.1) is 13.8 Å². The molecule has 0 saturated carbocycles. The highest BCUT2D eigenvalue weighted by atomic mass is 32.2. The van der Waals surface area contributed by atoms with E-state index in [9.17, 15) is 21.6 Å². The first-order chi connectivity index (χ1) is 14.2. The van der Waals surface area contributed by atoms with Crippen molar-refractivity contribution in [2.45, 2.75) is 13.8 Å². The molecule has 0 aromatic heterocycles. The number of carbonyl (C=O) groups excluding carboxylic acids is 1. The van der Waals surface area contributed by atoms with Crippen LogP contribution in [0.3, 0.4) is 0 Å². The maximum atomic E-state index is 12.9. The lowest BCUT2D eigenvalue weighted by Gasteiger charge is -2.28. The third kappa shape index (κ3) is 5.96. The highest BCUT2D eigenvalue weighted by Crippen LogP contribution is 2.26. The van der Waals surface area contributed by atoms with Gasteiger partial charge in [-0.1, -0.05) is 18.2 Å². The maximum Gasteiger partial charge on any atom is 0.304 e. The zero-order chi connectivity index (χ0) is 23.6. The van der Waals surface area contributed by atoms with Crippen LogP contribution in [0.25, 0.3) is 0 Å². The number of benzene rings is 2. The Balaban J connectivity index is 2.35. The Morgan fingerprint density at radius 2 is 1.61 bits per heavy atom. The summed E-state index contributed by atoms with van der Waals surface area (Å²) >= 11 is 0. The molecule has 2 aromatic carbocycles. The summed E-state index contributed by atoms with van der Waals surface area (Å²) in [6, 6.07) is 11.7. The van der Waals surface area contributed by atoms with Gasteiger partial charge in [-0.3, -0.25) is 9.10 Å². The number of anilines is 3. The van der Waals surface area contributed by atoms with Crippen molar-refractivity contribution in [3.63, 3.8) is 0 Å². The molecule has 11 heteroatoms. The number of hydrogen-bond donors (Lipinski definition) is 1. The van der Waals surface area contributed by atoms with Crippen molar-refractivity contribution in [3.05, 3.63) is 53.6 Å². The van der Waals surface area contributed by atoms with Gasteiger partial charge >= 0.3 is 10.2 Å². The van der Waals surface area contributed by atoms with Crippen LogP contribution in [0.15, 0.2) is 42.5 Å². The molecule has 2 aromatic rings. The molecule has 170 valence electrons. The molecule has 0 spiro atoms. The first kappa shape index (κ1) is 24.6. The molecule has 0 aliphatic carbocycles. The maximum absolute atomic E-state index is 12.9. The number of hydrogen-bond acceptors (Lipinski definition) is 5. The predicted octanol–water partition coefficient (Wildman–Crippen LogP) is 1.95. The van der Waals surface area contributed by atoms with E-state index in [1.54, 1.807) is 37.3 Å². The van der Waals surface area contributed by atoms with Crippen LogP contribution in [-0.2, 0) is 25.0 Å². The number of sulfonamides is 1. The Bertz CT molecular complexity index is 1180. The summed E-state index contributed by atoms with van der Waals surface area (Å²) < 4.78 is 52.6. The Labute approximate surface area is 184 Å². The Morgan fingerprint density at radius 3 is 2.19 bits per heavy atom. The number of rotatable bonds is 8. The van der Waals surface area contributed by atoms with E-state index in [1.165, 1.54) is 27.2 Å². The zero-order valence-corrected chi connectivity index (χ0v) is 20.1. The summed E-state index contributed by atoms with van der Waals surface area (Å²) in [5.74, 6) is -0.564. The van der Waals surface area contributed by atoms with Gasteiger partial charge in [0.05, 0.1) is 17.6 Å². The van der Waals surface area contributed by atoms with Crippen LogP contribution in [0.5, 0.6) is 0 Å². The number of nitrogens with zero attached hydrogens (tertiary/aromatic N) is 3. The molecule has 0 atom stereocenters. The van der Waals surface area contributed by atoms with E-state index in [-0.39, 0.29) is 0 Å². The molecule has 9 nitrogen and oxygen atoms in total. The van der Waals surface area contributed by atoms with Gasteiger partial charge < -0.3 is 5.32 Å². The van der Waals surface area contributed by atoms with Crippen LogP contribution in [0.2, 0.25) is 0 Å². The molecule has 2 rings (SSSR count). The zero-order valence-electron chi connectivity index (χ0n) is 18.4.